The van der Waals surface area contributed by atoms with Gasteiger partial charge in [-0.3, -0.25) is 4.98 Å². The minimum atomic E-state index is -0.510. The quantitative estimate of drug-likeness (QED) is 0.941. The van der Waals surface area contributed by atoms with Crippen LogP contribution in [0.5, 0.6) is 0 Å². The predicted molar refractivity (Wildman–Crippen MR) is 71.8 cm³/mol. The molecule has 0 bridgehead atoms. The van der Waals surface area contributed by atoms with Crippen LogP contribution in [0.3, 0.4) is 0 Å². The van der Waals surface area contributed by atoms with Gasteiger partial charge in [-0.1, -0.05) is 12.1 Å². The van der Waals surface area contributed by atoms with Crippen molar-refractivity contribution in [2.24, 2.45) is 0 Å². The van der Waals surface area contributed by atoms with Crippen LogP contribution in [-0.4, -0.2) is 16.2 Å². The highest BCUT2D eigenvalue weighted by atomic mass is 79.9. The Morgan fingerprint density at radius 2 is 1.83 bits per heavy atom. The van der Waals surface area contributed by atoms with Crippen LogP contribution >= 0.6 is 15.9 Å². The number of aliphatic hydroxyl groups excluding tert-OH is 1. The molecule has 1 unspecified atom stereocenters. The molecule has 0 aliphatic heterocycles. The number of halogens is 2. The minimum Gasteiger partial charge on any atom is -0.392 e. The lowest BCUT2D eigenvalue weighted by Crippen LogP contribution is -2.14. The first-order chi connectivity index (χ1) is 8.63. The molecule has 2 rings (SSSR count). The standard InChI is InChI=1S/C14H13BrFNO/c15-11-3-6-13(17-9-11)8-14(18)7-10-1-4-12(16)5-2-10/h1-6,9,14,18H,7-8H2. The summed E-state index contributed by atoms with van der Waals surface area (Å²) in [6.07, 6.45) is 2.19. The van der Waals surface area contributed by atoms with Crippen molar-refractivity contribution >= 4 is 15.9 Å². The molecule has 0 aliphatic carbocycles. The van der Waals surface area contributed by atoms with Crippen LogP contribution in [0.25, 0.3) is 0 Å². The monoisotopic (exact) mass is 309 g/mol. The van der Waals surface area contributed by atoms with Crippen LogP contribution in [0.15, 0.2) is 47.1 Å². The number of rotatable bonds is 4. The SMILES string of the molecule is OC(Cc1ccc(F)cc1)Cc1ccc(Br)cn1. The molecule has 0 aliphatic rings. The number of pyridine rings is 1. The average Bonchev–Trinajstić information content (AvgIpc) is 2.35. The number of aliphatic hydroxyl groups is 1. The predicted octanol–water partition coefficient (Wildman–Crippen LogP) is 3.13. The summed E-state index contributed by atoms with van der Waals surface area (Å²) in [6, 6.07) is 9.95. The lowest BCUT2D eigenvalue weighted by atomic mass is 10.0. The van der Waals surface area contributed by atoms with E-state index in [-0.39, 0.29) is 5.82 Å². The summed E-state index contributed by atoms with van der Waals surface area (Å²) < 4.78 is 13.6. The van der Waals surface area contributed by atoms with E-state index < -0.39 is 6.10 Å². The van der Waals surface area contributed by atoms with Crippen LogP contribution < -0.4 is 0 Å². The lowest BCUT2D eigenvalue weighted by molar-refractivity contribution is 0.174. The summed E-state index contributed by atoms with van der Waals surface area (Å²) in [5.41, 5.74) is 1.76. The molecule has 0 saturated heterocycles. The Kier molecular flexibility index (Phi) is 4.44. The van der Waals surface area contributed by atoms with Crippen LogP contribution in [0.4, 0.5) is 4.39 Å². The molecular weight excluding hydrogens is 297 g/mol. The van der Waals surface area contributed by atoms with Crippen LogP contribution in [0, 0.1) is 5.82 Å². The molecule has 4 heteroatoms. The van der Waals surface area contributed by atoms with Crippen molar-refractivity contribution in [1.82, 2.24) is 4.98 Å². The molecule has 2 aromatic rings. The summed E-state index contributed by atoms with van der Waals surface area (Å²) in [5, 5.41) is 9.95. The highest BCUT2D eigenvalue weighted by Crippen LogP contribution is 2.11. The first-order valence-corrected chi connectivity index (χ1v) is 6.46. The highest BCUT2D eigenvalue weighted by molar-refractivity contribution is 9.10. The molecule has 18 heavy (non-hydrogen) atoms. The number of hydrogen-bond acceptors (Lipinski definition) is 2. The third-order valence-corrected chi connectivity index (χ3v) is 3.09. The van der Waals surface area contributed by atoms with Crippen molar-refractivity contribution in [1.29, 1.82) is 0 Å². The number of benzene rings is 1. The minimum absolute atomic E-state index is 0.261. The summed E-state index contributed by atoms with van der Waals surface area (Å²) in [7, 11) is 0. The molecule has 0 amide bonds. The van der Waals surface area contributed by atoms with Gasteiger partial charge in [-0.05, 0) is 52.2 Å². The van der Waals surface area contributed by atoms with Gasteiger partial charge in [0.25, 0.3) is 0 Å². The van der Waals surface area contributed by atoms with Crippen molar-refractivity contribution in [3.8, 4) is 0 Å². The van der Waals surface area contributed by atoms with E-state index in [1.165, 1.54) is 12.1 Å². The molecule has 2 nitrogen and oxygen atoms in total. The smallest absolute Gasteiger partial charge is 0.123 e. The highest BCUT2D eigenvalue weighted by Gasteiger charge is 2.08. The van der Waals surface area contributed by atoms with Gasteiger partial charge in [0.1, 0.15) is 5.82 Å². The summed E-state index contributed by atoms with van der Waals surface area (Å²) >= 11 is 3.31. The van der Waals surface area contributed by atoms with Gasteiger partial charge >= 0.3 is 0 Å². The lowest BCUT2D eigenvalue weighted by Gasteiger charge is -2.10. The second kappa shape index (κ2) is 6.07. The van der Waals surface area contributed by atoms with Crippen molar-refractivity contribution in [3.05, 3.63) is 64.1 Å². The summed E-state index contributed by atoms with van der Waals surface area (Å²) in [6.45, 7) is 0. The molecular formula is C14H13BrFNO. The van der Waals surface area contributed by atoms with Crippen LogP contribution in [0.2, 0.25) is 0 Å². The van der Waals surface area contributed by atoms with Gasteiger partial charge in [-0.2, -0.15) is 0 Å². The Balaban J connectivity index is 1.94. The van der Waals surface area contributed by atoms with Gasteiger partial charge in [0.15, 0.2) is 0 Å². The fraction of sp³-hybridized carbons (Fsp3) is 0.214. The topological polar surface area (TPSA) is 33.1 Å². The van der Waals surface area contributed by atoms with E-state index in [0.29, 0.717) is 12.8 Å². The summed E-state index contributed by atoms with van der Waals surface area (Å²) in [4.78, 5) is 4.21. The largest absolute Gasteiger partial charge is 0.392 e. The molecule has 1 aromatic heterocycles. The van der Waals surface area contributed by atoms with Crippen molar-refractivity contribution < 1.29 is 9.50 Å². The number of hydrogen-bond donors (Lipinski definition) is 1. The van der Waals surface area contributed by atoms with Gasteiger partial charge in [-0.25, -0.2) is 4.39 Å². The van der Waals surface area contributed by atoms with Crippen molar-refractivity contribution in [2.45, 2.75) is 18.9 Å². The van der Waals surface area contributed by atoms with E-state index in [9.17, 15) is 9.50 Å². The van der Waals surface area contributed by atoms with Gasteiger partial charge in [0.05, 0.1) is 6.10 Å². The third-order valence-electron chi connectivity index (χ3n) is 2.62. The number of aromatic nitrogens is 1. The third kappa shape index (κ3) is 3.89. The van der Waals surface area contributed by atoms with E-state index in [1.54, 1.807) is 18.3 Å². The molecule has 94 valence electrons. The Hall–Kier alpha value is -1.26. The molecule has 1 aromatic carbocycles. The Morgan fingerprint density at radius 3 is 2.44 bits per heavy atom. The first-order valence-electron chi connectivity index (χ1n) is 5.66. The van der Waals surface area contributed by atoms with E-state index in [4.69, 9.17) is 0 Å². The van der Waals surface area contributed by atoms with Crippen LogP contribution in [0.1, 0.15) is 11.3 Å². The Bertz CT molecular complexity index is 451. The van der Waals surface area contributed by atoms with Gasteiger partial charge in [0.2, 0.25) is 0 Å². The van der Waals surface area contributed by atoms with Crippen molar-refractivity contribution in [2.75, 3.05) is 0 Å². The maximum Gasteiger partial charge on any atom is 0.123 e. The molecule has 1 heterocycles. The normalized spacial score (nSPS) is 12.4. The molecule has 1 N–H and O–H groups in total. The van der Waals surface area contributed by atoms with E-state index in [1.807, 2.05) is 12.1 Å². The fourth-order valence-electron chi connectivity index (χ4n) is 1.73. The summed E-state index contributed by atoms with van der Waals surface area (Å²) in [5.74, 6) is -0.261. The zero-order valence-electron chi connectivity index (χ0n) is 9.68. The molecule has 0 radical (unpaired) electrons. The van der Waals surface area contributed by atoms with Gasteiger partial charge < -0.3 is 5.11 Å². The van der Waals surface area contributed by atoms with E-state index in [0.717, 1.165) is 15.7 Å². The Labute approximate surface area is 114 Å². The van der Waals surface area contributed by atoms with Gasteiger partial charge in [0, 0.05) is 22.8 Å². The maximum atomic E-state index is 12.7. The molecule has 0 fully saturated rings. The maximum absolute atomic E-state index is 12.7. The number of nitrogens with zero attached hydrogens (tertiary/aromatic N) is 1. The van der Waals surface area contributed by atoms with E-state index >= 15 is 0 Å². The zero-order valence-corrected chi connectivity index (χ0v) is 11.3. The first kappa shape index (κ1) is 13.2. The molecule has 0 spiro atoms. The molecule has 0 saturated carbocycles. The van der Waals surface area contributed by atoms with Gasteiger partial charge in [-0.15, -0.1) is 0 Å². The molecule has 1 atom stereocenters. The van der Waals surface area contributed by atoms with Crippen molar-refractivity contribution in [3.63, 3.8) is 0 Å². The zero-order chi connectivity index (χ0) is 13.0. The van der Waals surface area contributed by atoms with Crippen LogP contribution in [-0.2, 0) is 12.8 Å². The average molecular weight is 310 g/mol. The fourth-order valence-corrected chi connectivity index (χ4v) is 1.97. The second-order valence-electron chi connectivity index (χ2n) is 4.16. The van der Waals surface area contributed by atoms with E-state index in [2.05, 4.69) is 20.9 Å². The second-order valence-corrected chi connectivity index (χ2v) is 5.07. The Morgan fingerprint density at radius 1 is 1.11 bits per heavy atom.